The first kappa shape index (κ1) is 20.0. The Morgan fingerprint density at radius 2 is 1.81 bits per heavy atom. The number of aromatic carboxylic acids is 1. The molecule has 0 amide bonds. The fourth-order valence-electron chi connectivity index (χ4n) is 2.35. The van der Waals surface area contributed by atoms with Gasteiger partial charge >= 0.3 is 5.97 Å². The van der Waals surface area contributed by atoms with E-state index in [0.717, 1.165) is 24.3 Å². The summed E-state index contributed by atoms with van der Waals surface area (Å²) in [6, 6.07) is 5.25. The molecule has 1 aromatic carbocycles. The molecule has 3 heteroatoms. The zero-order chi connectivity index (χ0) is 16.3. The summed E-state index contributed by atoms with van der Waals surface area (Å²) in [5.41, 5.74) is 1.31. The first-order valence-corrected chi connectivity index (χ1v) is 8.48. The number of carbonyl (C=O) groups is 1. The molecule has 0 aliphatic heterocycles. The van der Waals surface area contributed by atoms with Crippen LogP contribution in [0.25, 0.3) is 0 Å². The zero-order valence-electron chi connectivity index (χ0n) is 13.8. The Labute approximate surface area is 134 Å². The number of halogens is 1. The molecule has 0 saturated heterocycles. The van der Waals surface area contributed by atoms with Gasteiger partial charge in [0.15, 0.2) is 0 Å². The van der Waals surface area contributed by atoms with Crippen LogP contribution in [-0.4, -0.2) is 11.1 Å². The number of aryl methyl sites for hydroxylation is 1. The molecule has 0 aliphatic rings. The average molecular weight is 313 g/mol. The molecule has 0 bridgehead atoms. The molecule has 1 aromatic rings. The van der Waals surface area contributed by atoms with Gasteiger partial charge in [0.05, 0.1) is 10.6 Å². The maximum atomic E-state index is 10.9. The minimum absolute atomic E-state index is 0.183. The maximum Gasteiger partial charge on any atom is 0.337 e. The van der Waals surface area contributed by atoms with E-state index < -0.39 is 5.97 Å². The second kappa shape index (κ2) is 11.6. The van der Waals surface area contributed by atoms with Gasteiger partial charge in [-0.05, 0) is 36.5 Å². The third-order valence-corrected chi connectivity index (χ3v) is 4.06. The molecule has 1 N–H and O–H groups in total. The molecular weight excluding hydrogens is 284 g/mol. The van der Waals surface area contributed by atoms with Crippen LogP contribution in [-0.2, 0) is 6.42 Å². The highest BCUT2D eigenvalue weighted by Gasteiger charge is 2.09. The van der Waals surface area contributed by atoms with E-state index in [0.29, 0.717) is 5.02 Å². The van der Waals surface area contributed by atoms with E-state index in [9.17, 15) is 4.79 Å². The molecular formula is C18H29ClO2. The van der Waals surface area contributed by atoms with Crippen molar-refractivity contribution in [3.05, 3.63) is 34.3 Å². The van der Waals surface area contributed by atoms with Gasteiger partial charge in [0, 0.05) is 0 Å². The Kier molecular flexibility index (Phi) is 11.1. The lowest BCUT2D eigenvalue weighted by Gasteiger charge is -2.11. The van der Waals surface area contributed by atoms with Gasteiger partial charge in [-0.1, -0.05) is 71.0 Å². The quantitative estimate of drug-likeness (QED) is 0.579. The molecule has 0 atom stereocenters. The molecule has 0 unspecified atom stereocenters. The van der Waals surface area contributed by atoms with Gasteiger partial charge in [0.25, 0.3) is 0 Å². The monoisotopic (exact) mass is 312 g/mol. The molecule has 0 aliphatic carbocycles. The molecule has 0 saturated carbocycles. The number of hydrogen-bond donors (Lipinski definition) is 1. The lowest BCUT2D eigenvalue weighted by atomic mass is 9.95. The van der Waals surface area contributed by atoms with Crippen molar-refractivity contribution < 1.29 is 9.90 Å². The fraction of sp³-hybridized carbons (Fsp3) is 0.611. The van der Waals surface area contributed by atoms with E-state index in [1.807, 2.05) is 19.9 Å². The van der Waals surface area contributed by atoms with E-state index in [2.05, 4.69) is 13.8 Å². The minimum atomic E-state index is -0.967. The summed E-state index contributed by atoms with van der Waals surface area (Å²) in [5, 5.41) is 9.24. The van der Waals surface area contributed by atoms with Crippen molar-refractivity contribution in [2.75, 3.05) is 0 Å². The van der Waals surface area contributed by atoms with Crippen LogP contribution in [0.15, 0.2) is 18.2 Å². The summed E-state index contributed by atoms with van der Waals surface area (Å²) in [5.74, 6) is -0.122. The second-order valence-electron chi connectivity index (χ2n) is 5.05. The van der Waals surface area contributed by atoms with E-state index in [4.69, 9.17) is 16.7 Å². The number of rotatable bonds is 8. The Bertz CT molecular complexity index is 412. The van der Waals surface area contributed by atoms with Crippen molar-refractivity contribution >= 4 is 17.6 Å². The highest BCUT2D eigenvalue weighted by molar-refractivity contribution is 6.33. The predicted octanol–water partition coefficient (Wildman–Crippen LogP) is 6.21. The lowest BCUT2D eigenvalue weighted by Crippen LogP contribution is -1.99. The highest BCUT2D eigenvalue weighted by atomic mass is 35.5. The van der Waals surface area contributed by atoms with Crippen molar-refractivity contribution in [1.29, 1.82) is 0 Å². The second-order valence-corrected chi connectivity index (χ2v) is 5.45. The van der Waals surface area contributed by atoms with Crippen molar-refractivity contribution in [2.45, 2.75) is 66.2 Å². The van der Waals surface area contributed by atoms with Gasteiger partial charge in [0.1, 0.15) is 0 Å². The van der Waals surface area contributed by atoms with Crippen LogP contribution in [0.1, 0.15) is 75.7 Å². The van der Waals surface area contributed by atoms with Crippen LogP contribution < -0.4 is 0 Å². The summed E-state index contributed by atoms with van der Waals surface area (Å²) >= 11 is 5.95. The van der Waals surface area contributed by atoms with Gasteiger partial charge in [-0.3, -0.25) is 0 Å². The SMILES string of the molecule is CC.CCC(CC)CCCCc1ccc(C(=O)O)c(Cl)c1. The van der Waals surface area contributed by atoms with E-state index >= 15 is 0 Å². The number of benzene rings is 1. The van der Waals surface area contributed by atoms with Gasteiger partial charge in [-0.25, -0.2) is 4.79 Å². The molecule has 0 spiro atoms. The van der Waals surface area contributed by atoms with Gasteiger partial charge in [-0.15, -0.1) is 0 Å². The van der Waals surface area contributed by atoms with Gasteiger partial charge in [0.2, 0.25) is 0 Å². The topological polar surface area (TPSA) is 37.3 Å². The Morgan fingerprint density at radius 1 is 1.19 bits per heavy atom. The minimum Gasteiger partial charge on any atom is -0.478 e. The number of carboxylic acid groups (broad SMARTS) is 1. The van der Waals surface area contributed by atoms with Crippen LogP contribution >= 0.6 is 11.6 Å². The summed E-state index contributed by atoms with van der Waals surface area (Å²) in [7, 11) is 0. The van der Waals surface area contributed by atoms with Crippen LogP contribution in [0.3, 0.4) is 0 Å². The summed E-state index contributed by atoms with van der Waals surface area (Å²) < 4.78 is 0. The Morgan fingerprint density at radius 3 is 2.29 bits per heavy atom. The first-order valence-electron chi connectivity index (χ1n) is 8.10. The largest absolute Gasteiger partial charge is 0.478 e. The standard InChI is InChI=1S/C16H23ClO2.C2H6/c1-3-12(4-2)7-5-6-8-13-9-10-14(16(18)19)15(17)11-13;1-2/h9-12H,3-8H2,1-2H3,(H,18,19);1-2H3. The third-order valence-electron chi connectivity index (χ3n) is 3.75. The van der Waals surface area contributed by atoms with Gasteiger partial charge in [-0.2, -0.15) is 0 Å². The van der Waals surface area contributed by atoms with Crippen molar-refractivity contribution in [1.82, 2.24) is 0 Å². The summed E-state index contributed by atoms with van der Waals surface area (Å²) in [6.45, 7) is 8.50. The smallest absolute Gasteiger partial charge is 0.337 e. The van der Waals surface area contributed by atoms with Crippen molar-refractivity contribution in [3.8, 4) is 0 Å². The molecule has 0 aromatic heterocycles. The summed E-state index contributed by atoms with van der Waals surface area (Å²) in [6.07, 6.45) is 7.14. The fourth-order valence-corrected chi connectivity index (χ4v) is 2.63. The summed E-state index contributed by atoms with van der Waals surface area (Å²) in [4.78, 5) is 10.9. The molecule has 2 nitrogen and oxygen atoms in total. The van der Waals surface area contributed by atoms with E-state index in [1.54, 1.807) is 12.1 Å². The van der Waals surface area contributed by atoms with E-state index in [1.165, 1.54) is 25.7 Å². The number of carboxylic acids is 1. The molecule has 1 rings (SSSR count). The van der Waals surface area contributed by atoms with Crippen LogP contribution in [0.5, 0.6) is 0 Å². The number of unbranched alkanes of at least 4 members (excludes halogenated alkanes) is 1. The van der Waals surface area contributed by atoms with Crippen molar-refractivity contribution in [3.63, 3.8) is 0 Å². The van der Waals surface area contributed by atoms with E-state index in [-0.39, 0.29) is 5.56 Å². The van der Waals surface area contributed by atoms with Gasteiger partial charge < -0.3 is 5.11 Å². The first-order chi connectivity index (χ1) is 10.1. The normalized spacial score (nSPS) is 10.2. The molecule has 0 heterocycles. The van der Waals surface area contributed by atoms with Crippen LogP contribution in [0.4, 0.5) is 0 Å². The lowest BCUT2D eigenvalue weighted by molar-refractivity contribution is 0.0697. The van der Waals surface area contributed by atoms with Crippen LogP contribution in [0.2, 0.25) is 5.02 Å². The predicted molar refractivity (Wildman–Crippen MR) is 91.4 cm³/mol. The van der Waals surface area contributed by atoms with Crippen LogP contribution in [0, 0.1) is 5.92 Å². The Hall–Kier alpha value is -1.02. The molecule has 120 valence electrons. The van der Waals surface area contributed by atoms with Crippen molar-refractivity contribution in [2.24, 2.45) is 5.92 Å². The maximum absolute atomic E-state index is 10.9. The molecule has 0 fully saturated rings. The molecule has 21 heavy (non-hydrogen) atoms. The number of hydrogen-bond acceptors (Lipinski definition) is 1. The average Bonchev–Trinajstić information content (AvgIpc) is 2.49. The third kappa shape index (κ3) is 7.52. The highest BCUT2D eigenvalue weighted by Crippen LogP contribution is 2.21. The Balaban J connectivity index is 0.00000191. The molecule has 0 radical (unpaired) electrons. The zero-order valence-corrected chi connectivity index (χ0v) is 14.5.